The van der Waals surface area contributed by atoms with Crippen LogP contribution < -0.4 is 0 Å². The summed E-state index contributed by atoms with van der Waals surface area (Å²) < 4.78 is 10.9. The fraction of sp³-hybridized carbons (Fsp3) is 0.857. The molecule has 0 aromatic rings. The SMILES string of the molecule is C[C@@H](C(=O)OC1CCN(C(=O)C2CCCCC2)CC1)N(C)C(=O)OC(C)(C)C. The number of hydrogen-bond donors (Lipinski definition) is 0. The highest BCUT2D eigenvalue weighted by atomic mass is 16.6. The van der Waals surface area contributed by atoms with E-state index in [0.717, 1.165) is 25.7 Å². The normalized spacial score (nSPS) is 20.4. The first kappa shape index (κ1) is 22.5. The molecule has 28 heavy (non-hydrogen) atoms. The molecule has 0 spiro atoms. The molecular weight excluding hydrogens is 360 g/mol. The van der Waals surface area contributed by atoms with Crippen molar-refractivity contribution >= 4 is 18.0 Å². The molecule has 1 heterocycles. The number of amides is 2. The first-order valence-corrected chi connectivity index (χ1v) is 10.5. The van der Waals surface area contributed by atoms with Crippen LogP contribution in [-0.4, -0.2) is 65.7 Å². The molecule has 1 saturated carbocycles. The maximum absolute atomic E-state index is 12.6. The van der Waals surface area contributed by atoms with E-state index < -0.39 is 23.7 Å². The number of rotatable bonds is 4. The number of nitrogens with zero attached hydrogens (tertiary/aromatic N) is 2. The molecule has 1 atom stereocenters. The number of likely N-dealkylation sites (N-methyl/N-ethyl adjacent to an activating group) is 1. The summed E-state index contributed by atoms with van der Waals surface area (Å²) in [6.45, 7) is 8.24. The molecular formula is C21H36N2O5. The molecule has 2 amide bonds. The van der Waals surface area contributed by atoms with Gasteiger partial charge >= 0.3 is 12.1 Å². The smallest absolute Gasteiger partial charge is 0.410 e. The minimum Gasteiger partial charge on any atom is -0.461 e. The van der Waals surface area contributed by atoms with E-state index in [-0.39, 0.29) is 17.9 Å². The van der Waals surface area contributed by atoms with Gasteiger partial charge in [0.2, 0.25) is 5.91 Å². The number of hydrogen-bond acceptors (Lipinski definition) is 5. The Bertz CT molecular complexity index is 558. The Balaban J connectivity index is 1.77. The van der Waals surface area contributed by atoms with Crippen LogP contribution in [0.1, 0.15) is 72.6 Å². The highest BCUT2D eigenvalue weighted by Crippen LogP contribution is 2.27. The van der Waals surface area contributed by atoms with Gasteiger partial charge in [-0.2, -0.15) is 0 Å². The van der Waals surface area contributed by atoms with E-state index in [4.69, 9.17) is 9.47 Å². The van der Waals surface area contributed by atoms with Crippen molar-refractivity contribution in [2.24, 2.45) is 5.92 Å². The van der Waals surface area contributed by atoms with Crippen molar-refractivity contribution in [1.29, 1.82) is 0 Å². The zero-order chi connectivity index (χ0) is 20.9. The number of likely N-dealkylation sites (tertiary alicyclic amines) is 1. The van der Waals surface area contributed by atoms with Crippen molar-refractivity contribution in [2.45, 2.75) is 90.4 Å². The summed E-state index contributed by atoms with van der Waals surface area (Å²) in [5.41, 5.74) is -0.618. The summed E-state index contributed by atoms with van der Waals surface area (Å²) in [6.07, 6.45) is 6.06. The number of esters is 1. The third-order valence-corrected chi connectivity index (χ3v) is 5.59. The fourth-order valence-corrected chi connectivity index (χ4v) is 3.71. The second-order valence-electron chi connectivity index (χ2n) is 9.06. The first-order valence-electron chi connectivity index (χ1n) is 10.5. The van der Waals surface area contributed by atoms with Crippen LogP contribution in [0.5, 0.6) is 0 Å². The van der Waals surface area contributed by atoms with Crippen molar-refractivity contribution in [3.8, 4) is 0 Å². The summed E-state index contributed by atoms with van der Waals surface area (Å²) in [5.74, 6) is 0.00303. The molecule has 0 bridgehead atoms. The maximum Gasteiger partial charge on any atom is 0.410 e. The minimum atomic E-state index is -0.725. The quantitative estimate of drug-likeness (QED) is 0.681. The van der Waals surface area contributed by atoms with Crippen LogP contribution in [-0.2, 0) is 19.1 Å². The Kier molecular flexibility index (Phi) is 7.72. The third-order valence-electron chi connectivity index (χ3n) is 5.59. The van der Waals surface area contributed by atoms with E-state index in [1.807, 2.05) is 4.90 Å². The van der Waals surface area contributed by atoms with Crippen molar-refractivity contribution in [3.63, 3.8) is 0 Å². The number of carbonyl (C=O) groups is 3. The number of piperidine rings is 1. The van der Waals surface area contributed by atoms with E-state index in [1.54, 1.807) is 27.7 Å². The molecule has 0 radical (unpaired) electrons. The van der Waals surface area contributed by atoms with Crippen LogP contribution in [0, 0.1) is 5.92 Å². The van der Waals surface area contributed by atoms with Gasteiger partial charge in [0.05, 0.1) is 0 Å². The average Bonchev–Trinajstić information content (AvgIpc) is 2.66. The largest absolute Gasteiger partial charge is 0.461 e. The molecule has 0 N–H and O–H groups in total. The van der Waals surface area contributed by atoms with Crippen molar-refractivity contribution in [1.82, 2.24) is 9.80 Å². The lowest BCUT2D eigenvalue weighted by atomic mass is 9.88. The molecule has 2 rings (SSSR count). The van der Waals surface area contributed by atoms with E-state index in [1.165, 1.54) is 18.4 Å². The molecule has 0 unspecified atom stereocenters. The van der Waals surface area contributed by atoms with Crippen molar-refractivity contribution in [2.75, 3.05) is 20.1 Å². The zero-order valence-electron chi connectivity index (χ0n) is 18.0. The lowest BCUT2D eigenvalue weighted by Gasteiger charge is -2.35. The van der Waals surface area contributed by atoms with Gasteiger partial charge in [-0.25, -0.2) is 9.59 Å². The summed E-state index contributed by atoms with van der Waals surface area (Å²) in [7, 11) is 1.53. The van der Waals surface area contributed by atoms with Crippen molar-refractivity contribution in [3.05, 3.63) is 0 Å². The van der Waals surface area contributed by atoms with Gasteiger partial charge in [0, 0.05) is 38.9 Å². The summed E-state index contributed by atoms with van der Waals surface area (Å²) >= 11 is 0. The molecule has 160 valence electrons. The molecule has 0 aromatic heterocycles. The second-order valence-corrected chi connectivity index (χ2v) is 9.06. The molecule has 1 aliphatic carbocycles. The number of carbonyl (C=O) groups excluding carboxylic acids is 3. The van der Waals surface area contributed by atoms with Gasteiger partial charge in [-0.05, 0) is 40.5 Å². The van der Waals surface area contributed by atoms with Crippen LogP contribution in [0.3, 0.4) is 0 Å². The molecule has 7 heteroatoms. The van der Waals surface area contributed by atoms with E-state index in [0.29, 0.717) is 25.9 Å². The minimum absolute atomic E-state index is 0.176. The number of ether oxygens (including phenoxy) is 2. The molecule has 7 nitrogen and oxygen atoms in total. The zero-order valence-corrected chi connectivity index (χ0v) is 18.0. The van der Waals surface area contributed by atoms with Gasteiger partial charge in [0.1, 0.15) is 17.7 Å². The van der Waals surface area contributed by atoms with Crippen molar-refractivity contribution < 1.29 is 23.9 Å². The first-order chi connectivity index (χ1) is 13.1. The Morgan fingerprint density at radius 3 is 2.11 bits per heavy atom. The topological polar surface area (TPSA) is 76.2 Å². The van der Waals surface area contributed by atoms with Gasteiger partial charge in [0.25, 0.3) is 0 Å². The summed E-state index contributed by atoms with van der Waals surface area (Å²) in [4.78, 5) is 40.4. The molecule has 2 aliphatic rings. The van der Waals surface area contributed by atoms with E-state index >= 15 is 0 Å². The lowest BCUT2D eigenvalue weighted by molar-refractivity contribution is -0.157. The van der Waals surface area contributed by atoms with Gasteiger partial charge < -0.3 is 14.4 Å². The van der Waals surface area contributed by atoms with E-state index in [9.17, 15) is 14.4 Å². The summed E-state index contributed by atoms with van der Waals surface area (Å²) in [6, 6.07) is -0.725. The summed E-state index contributed by atoms with van der Waals surface area (Å²) in [5, 5.41) is 0. The van der Waals surface area contributed by atoms with Crippen LogP contribution in [0.4, 0.5) is 4.79 Å². The van der Waals surface area contributed by atoms with Gasteiger partial charge in [0.15, 0.2) is 0 Å². The predicted octanol–water partition coefficient (Wildman–Crippen LogP) is 3.36. The highest BCUT2D eigenvalue weighted by Gasteiger charge is 2.33. The van der Waals surface area contributed by atoms with Crippen LogP contribution in [0.2, 0.25) is 0 Å². The Labute approximate surface area is 168 Å². The van der Waals surface area contributed by atoms with Crippen LogP contribution >= 0.6 is 0 Å². The molecule has 1 saturated heterocycles. The van der Waals surface area contributed by atoms with Gasteiger partial charge in [-0.15, -0.1) is 0 Å². The molecule has 2 fully saturated rings. The van der Waals surface area contributed by atoms with Gasteiger partial charge in [-0.3, -0.25) is 9.69 Å². The standard InChI is InChI=1S/C21H36N2O5/c1-15(22(5)20(26)28-21(2,3)4)19(25)27-17-11-13-23(14-12-17)18(24)16-9-7-6-8-10-16/h15-17H,6-14H2,1-5H3/t15-/m0/s1. The van der Waals surface area contributed by atoms with Crippen LogP contribution in [0.25, 0.3) is 0 Å². The van der Waals surface area contributed by atoms with E-state index in [2.05, 4.69) is 0 Å². The lowest BCUT2D eigenvalue weighted by Crippen LogP contribution is -2.47. The Morgan fingerprint density at radius 1 is 1.00 bits per heavy atom. The van der Waals surface area contributed by atoms with Crippen LogP contribution in [0.15, 0.2) is 0 Å². The Morgan fingerprint density at radius 2 is 1.57 bits per heavy atom. The van der Waals surface area contributed by atoms with Gasteiger partial charge in [-0.1, -0.05) is 19.3 Å². The average molecular weight is 397 g/mol. The fourth-order valence-electron chi connectivity index (χ4n) is 3.71. The molecule has 0 aromatic carbocycles. The molecule has 1 aliphatic heterocycles. The second kappa shape index (κ2) is 9.61. The third kappa shape index (κ3) is 6.38. The monoisotopic (exact) mass is 396 g/mol. The maximum atomic E-state index is 12.6. The highest BCUT2D eigenvalue weighted by molar-refractivity contribution is 5.81. The Hall–Kier alpha value is -1.79. The predicted molar refractivity (Wildman–Crippen MR) is 106 cm³/mol.